The highest BCUT2D eigenvalue weighted by atomic mass is 16.7. The SMILES string of the molecule is COc1cc(-c2[o+]c3cc(O)cc(OC4OC(CO)C(O)C(O)C4O)c3cc2OC2OC(COC3OC(C)C(OC(=O)C=Cc4ccc(O)c(O)c4)C(O)C3O)C(O)C(O)C2O)cc(OC)c1O. The molecule has 24 heteroatoms. The number of ether oxygens (including phenoxy) is 9. The molecule has 3 saturated heterocycles. The molecule has 0 radical (unpaired) electrons. The first-order valence-corrected chi connectivity index (χ1v) is 20.8. The van der Waals surface area contributed by atoms with Crippen LogP contribution in [0.15, 0.2) is 59.0 Å². The third kappa shape index (κ3) is 10.3. The van der Waals surface area contributed by atoms with Crippen LogP contribution >= 0.6 is 0 Å². The number of benzene rings is 3. The Hall–Kier alpha value is -5.84. The summed E-state index contributed by atoms with van der Waals surface area (Å²) < 4.78 is 57.0. The number of methoxy groups -OCH3 is 2. The number of aliphatic hydroxyl groups is 9. The maximum absolute atomic E-state index is 12.6. The Kier molecular flexibility index (Phi) is 15.3. The van der Waals surface area contributed by atoms with Crippen LogP contribution in [0.4, 0.5) is 0 Å². The molecule has 3 aliphatic heterocycles. The van der Waals surface area contributed by atoms with Gasteiger partial charge in [-0.2, -0.15) is 0 Å². The van der Waals surface area contributed by atoms with Crippen LogP contribution in [0.25, 0.3) is 28.4 Å². The molecule has 1 aromatic heterocycles. The van der Waals surface area contributed by atoms with Gasteiger partial charge in [-0.05, 0) is 30.7 Å². The molecule has 0 aliphatic carbocycles. The van der Waals surface area contributed by atoms with Gasteiger partial charge in [0.1, 0.15) is 77.9 Å². The van der Waals surface area contributed by atoms with Crippen LogP contribution < -0.4 is 18.9 Å². The third-order valence-corrected chi connectivity index (χ3v) is 11.4. The number of esters is 1. The van der Waals surface area contributed by atoms with Crippen molar-refractivity contribution >= 4 is 23.0 Å². The molecule has 370 valence electrons. The minimum Gasteiger partial charge on any atom is -0.507 e. The van der Waals surface area contributed by atoms with Crippen molar-refractivity contribution in [3.63, 3.8) is 0 Å². The van der Waals surface area contributed by atoms with E-state index < -0.39 is 129 Å². The van der Waals surface area contributed by atoms with E-state index in [0.717, 1.165) is 18.2 Å². The first-order valence-electron chi connectivity index (χ1n) is 20.8. The second kappa shape index (κ2) is 20.8. The highest BCUT2D eigenvalue weighted by molar-refractivity contribution is 5.89. The summed E-state index contributed by atoms with van der Waals surface area (Å²) in [4.78, 5) is 12.6. The first-order chi connectivity index (χ1) is 32.3. The molecule has 24 nitrogen and oxygen atoms in total. The van der Waals surface area contributed by atoms with Crippen LogP contribution in [0.1, 0.15) is 12.5 Å². The minimum atomic E-state index is -2.00. The van der Waals surface area contributed by atoms with Crippen molar-refractivity contribution in [2.75, 3.05) is 27.4 Å². The van der Waals surface area contributed by atoms with Crippen molar-refractivity contribution in [3.05, 3.63) is 60.2 Å². The quantitative estimate of drug-likeness (QED) is 0.0302. The smallest absolute Gasteiger partial charge is 0.402 e. The molecule has 0 bridgehead atoms. The zero-order valence-electron chi connectivity index (χ0n) is 36.2. The number of hydrogen-bond donors (Lipinski definition) is 13. The van der Waals surface area contributed by atoms with Crippen molar-refractivity contribution in [2.24, 2.45) is 0 Å². The summed E-state index contributed by atoms with van der Waals surface area (Å²) >= 11 is 0. The molecule has 68 heavy (non-hydrogen) atoms. The van der Waals surface area contributed by atoms with E-state index in [0.29, 0.717) is 5.56 Å². The highest BCUT2D eigenvalue weighted by Gasteiger charge is 2.50. The monoisotopic (exact) mass is 963 g/mol. The highest BCUT2D eigenvalue weighted by Crippen LogP contribution is 2.46. The molecule has 3 aromatic carbocycles. The summed E-state index contributed by atoms with van der Waals surface area (Å²) in [6.07, 6.45) is -23.3. The molecule has 13 N–H and O–H groups in total. The number of aromatic hydroxyl groups is 4. The zero-order chi connectivity index (χ0) is 49.3. The summed E-state index contributed by atoms with van der Waals surface area (Å²) in [5, 5.41) is 137. The molecule has 0 saturated carbocycles. The Balaban J connectivity index is 1.14. The van der Waals surface area contributed by atoms with Crippen LogP contribution in [-0.4, -0.2) is 192 Å². The van der Waals surface area contributed by atoms with Crippen LogP contribution in [-0.2, 0) is 28.5 Å². The summed E-state index contributed by atoms with van der Waals surface area (Å²) in [7, 11) is 2.52. The van der Waals surface area contributed by atoms with Crippen molar-refractivity contribution in [1.82, 2.24) is 0 Å². The van der Waals surface area contributed by atoms with E-state index in [1.807, 2.05) is 0 Å². The van der Waals surface area contributed by atoms with Gasteiger partial charge in [-0.3, -0.25) is 0 Å². The predicted octanol–water partition coefficient (Wildman–Crippen LogP) is -1.31. The van der Waals surface area contributed by atoms with Gasteiger partial charge >= 0.3 is 17.3 Å². The van der Waals surface area contributed by atoms with Gasteiger partial charge in [0.15, 0.2) is 35.4 Å². The number of rotatable bonds is 14. The molecular weight excluding hydrogens is 912 g/mol. The lowest BCUT2D eigenvalue weighted by Gasteiger charge is -2.42. The zero-order valence-corrected chi connectivity index (χ0v) is 36.2. The lowest BCUT2D eigenvalue weighted by Crippen LogP contribution is -2.62. The number of fused-ring (bicyclic) bond motifs is 1. The fraction of sp³-hybridized carbons (Fsp3) is 0.455. The van der Waals surface area contributed by atoms with Gasteiger partial charge in [-0.15, -0.1) is 0 Å². The lowest BCUT2D eigenvalue weighted by atomic mass is 9.98. The Morgan fingerprint density at radius 2 is 1.26 bits per heavy atom. The van der Waals surface area contributed by atoms with E-state index in [4.69, 9.17) is 47.0 Å². The van der Waals surface area contributed by atoms with Crippen molar-refractivity contribution in [2.45, 2.75) is 99.0 Å². The van der Waals surface area contributed by atoms with Crippen molar-refractivity contribution in [1.29, 1.82) is 0 Å². The molecule has 3 fully saturated rings. The van der Waals surface area contributed by atoms with Gasteiger partial charge in [0.05, 0.1) is 45.2 Å². The summed E-state index contributed by atoms with van der Waals surface area (Å²) in [6.45, 7) is -0.0491. The van der Waals surface area contributed by atoms with Crippen molar-refractivity contribution in [3.8, 4) is 57.3 Å². The summed E-state index contributed by atoms with van der Waals surface area (Å²) in [5.41, 5.74) is 0.293. The van der Waals surface area contributed by atoms with Crippen LogP contribution in [0.5, 0.6) is 46.0 Å². The Labute approximate surface area is 384 Å². The van der Waals surface area contributed by atoms with E-state index in [2.05, 4.69) is 0 Å². The van der Waals surface area contributed by atoms with E-state index >= 15 is 0 Å². The molecule has 15 atom stereocenters. The minimum absolute atomic E-state index is 0.0317. The molecule has 0 spiro atoms. The summed E-state index contributed by atoms with van der Waals surface area (Å²) in [6, 6.07) is 9.92. The fourth-order valence-electron chi connectivity index (χ4n) is 7.63. The Bertz CT molecular complexity index is 2420. The third-order valence-electron chi connectivity index (χ3n) is 11.4. The Morgan fingerprint density at radius 3 is 1.88 bits per heavy atom. The van der Waals surface area contributed by atoms with Gasteiger partial charge in [0.25, 0.3) is 0 Å². The van der Waals surface area contributed by atoms with E-state index in [9.17, 15) is 71.2 Å². The molecule has 0 amide bonds. The maximum atomic E-state index is 12.6. The largest absolute Gasteiger partial charge is 0.507 e. The average Bonchev–Trinajstić information content (AvgIpc) is 3.32. The second-order valence-corrected chi connectivity index (χ2v) is 16.0. The van der Waals surface area contributed by atoms with Gasteiger partial charge in [0.2, 0.25) is 24.1 Å². The maximum Gasteiger partial charge on any atom is 0.402 e. The summed E-state index contributed by atoms with van der Waals surface area (Å²) in [5.74, 6) is -3.60. The van der Waals surface area contributed by atoms with Crippen LogP contribution in [0.2, 0.25) is 0 Å². The predicted molar refractivity (Wildman–Crippen MR) is 225 cm³/mol. The number of aliphatic hydroxyl groups excluding tert-OH is 9. The van der Waals surface area contributed by atoms with Gasteiger partial charge < -0.3 is 109 Å². The van der Waals surface area contributed by atoms with Gasteiger partial charge in [0, 0.05) is 30.3 Å². The normalized spacial score (nSPS) is 31.9. The topological polar surface area (TPSA) is 374 Å². The molecule has 4 aromatic rings. The second-order valence-electron chi connectivity index (χ2n) is 16.0. The number of phenolic OH excluding ortho intramolecular Hbond substituents is 4. The molecule has 15 unspecified atom stereocenters. The van der Waals surface area contributed by atoms with Crippen LogP contribution in [0.3, 0.4) is 0 Å². The van der Waals surface area contributed by atoms with Crippen molar-refractivity contribution < 1.29 is 118 Å². The van der Waals surface area contributed by atoms with Gasteiger partial charge in [-0.1, -0.05) is 6.07 Å². The average molecular weight is 964 g/mol. The molecule has 7 rings (SSSR count). The number of hydrogen-bond acceptors (Lipinski definition) is 23. The fourth-order valence-corrected chi connectivity index (χ4v) is 7.63. The Morgan fingerprint density at radius 1 is 0.662 bits per heavy atom. The van der Waals surface area contributed by atoms with Crippen LogP contribution in [0, 0.1) is 0 Å². The number of carbonyl (C=O) groups is 1. The number of phenols is 4. The standard InChI is InChI=1S/C44H50O24/c1-16-40(68-30(49)7-5-17-4-6-21(47)22(48)8-17)36(55)39(58)42(62-16)61-15-29-33(52)35(54)38(57)44(67-29)65-27-13-20-23(63-41(27)18-9-25(59-2)31(50)26(10-18)60-3)11-19(46)12-24(20)64-43-37(56)34(53)32(51)28(14-45)66-43/h4-13,16,28-29,32-40,42-45,51-58H,14-15H2,1-3H3,(H3-,46,47,48,49,50)/p+1. The molecule has 4 heterocycles. The lowest BCUT2D eigenvalue weighted by molar-refractivity contribution is -0.319. The first kappa shape index (κ1) is 50.0. The van der Waals surface area contributed by atoms with Gasteiger partial charge in [-0.25, -0.2) is 9.21 Å². The van der Waals surface area contributed by atoms with E-state index in [-0.39, 0.29) is 51.0 Å². The van der Waals surface area contributed by atoms with E-state index in [1.54, 1.807) is 0 Å². The molecular formula is C44H51O24+. The number of carbonyl (C=O) groups excluding carboxylic acids is 1. The molecule has 3 aliphatic rings. The van der Waals surface area contributed by atoms with E-state index in [1.165, 1.54) is 63.6 Å².